The largest absolute Gasteiger partial charge is 0.329 e. The first kappa shape index (κ1) is 83.2. The molecule has 17 heteroatoms. The van der Waals surface area contributed by atoms with E-state index in [4.69, 9.17) is 0 Å². The molecule has 0 fully saturated rings. The van der Waals surface area contributed by atoms with Crippen LogP contribution in [0.5, 0.6) is 0 Å². The number of nitrogens with zero attached hydrogens (tertiary/aromatic N) is 15. The summed E-state index contributed by atoms with van der Waals surface area (Å²) in [5, 5.41) is 12.6. The molecule has 0 radical (unpaired) electrons. The van der Waals surface area contributed by atoms with Crippen LogP contribution in [-0.2, 0) is 0 Å². The highest BCUT2D eigenvalue weighted by atomic mass is 32.1. The Labute approximate surface area is 571 Å². The summed E-state index contributed by atoms with van der Waals surface area (Å²) in [6.45, 7) is 46.4. The van der Waals surface area contributed by atoms with E-state index in [1.54, 1.807) is 40.9 Å². The minimum absolute atomic E-state index is 0.833. The molecule has 8 aromatic heterocycles. The maximum absolute atomic E-state index is 4.18. The lowest BCUT2D eigenvalue weighted by Gasteiger charge is -2.22. The Morgan fingerprint density at radius 3 is 1.43 bits per heavy atom. The first-order chi connectivity index (χ1) is 44.9. The van der Waals surface area contributed by atoms with Crippen molar-refractivity contribution < 1.29 is 0 Å². The highest BCUT2D eigenvalue weighted by molar-refractivity contribution is 7.16. The maximum atomic E-state index is 4.18. The Bertz CT molecular complexity index is 3210. The minimum Gasteiger partial charge on any atom is -0.329 e. The van der Waals surface area contributed by atoms with Crippen molar-refractivity contribution in [2.24, 2.45) is 46.4 Å². The van der Waals surface area contributed by atoms with Crippen molar-refractivity contribution >= 4 is 83.4 Å². The lowest BCUT2D eigenvalue weighted by atomic mass is 10.2. The fraction of sp³-hybridized carbons (Fsp3) is 0.377. The van der Waals surface area contributed by atoms with E-state index in [-0.39, 0.29) is 0 Å². The number of hydrogen-bond acceptors (Lipinski definition) is 15. The molecule has 0 saturated heterocycles. The monoisotopic (exact) mass is 1310 g/mol. The van der Waals surface area contributed by atoms with Gasteiger partial charge in [0.15, 0.2) is 11.3 Å². The smallest absolute Gasteiger partial charge is 0.160 e. The van der Waals surface area contributed by atoms with Crippen LogP contribution in [-0.4, -0.2) is 80.1 Å². The third kappa shape index (κ3) is 43.9. The predicted octanol–water partition coefficient (Wildman–Crippen LogP) is 21.6. The highest BCUT2D eigenvalue weighted by Crippen LogP contribution is 2.16. The summed E-state index contributed by atoms with van der Waals surface area (Å²) in [7, 11) is 0. The molecule has 10 heterocycles. The van der Waals surface area contributed by atoms with Gasteiger partial charge >= 0.3 is 0 Å². The highest BCUT2D eigenvalue weighted by Gasteiger charge is 2.07. The van der Waals surface area contributed by atoms with Gasteiger partial charge in [0.05, 0.1) is 44.0 Å². The first-order valence-corrected chi connectivity index (χ1v) is 34.1. The third-order valence-electron chi connectivity index (χ3n) is 9.11. The van der Waals surface area contributed by atoms with E-state index in [0.29, 0.717) is 0 Å². The summed E-state index contributed by atoms with van der Waals surface area (Å²) < 4.78 is 12.9. The van der Waals surface area contributed by atoms with Gasteiger partial charge in [-0.3, -0.25) is 14.4 Å². The van der Waals surface area contributed by atoms with E-state index in [9.17, 15) is 0 Å². The standard InChI is InChI=1S/C8H8N2.2C8H6N2.C7H5NS.2C6H5N3.C6H4N2S.7C4H10/c1-2-6-10-7-3-5-9-8(10)4-1;1-2-4-8-7(3-1)5-9-6-10-8;1-2-4-8-7(3-1)9-5-6-10-8;1-2-4-7-6(3-1)8-5-9-7;1-2-4-9-5-7-8-6(9)3-1;1-2-4-9-6(3-1)7-5-8-9;1-2-4-6-5(3-1)7-9-8-6;7*1-4(2)3/h1-6H,7H2;2*1-6H;3*1-5H;1-4H;7*4H,1-3H3. The average Bonchev–Trinajstić information content (AvgIpc) is 1.78. The van der Waals surface area contributed by atoms with Crippen LogP contribution in [0, 0.1) is 41.4 Å². The van der Waals surface area contributed by atoms with Gasteiger partial charge < -0.3 is 4.90 Å². The van der Waals surface area contributed by atoms with Gasteiger partial charge in [-0.25, -0.2) is 29.4 Å². The third-order valence-corrected chi connectivity index (χ3v) is 10.5. The minimum atomic E-state index is 0.833. The van der Waals surface area contributed by atoms with Gasteiger partial charge in [-0.05, 0) is 126 Å². The molecule has 2 aliphatic heterocycles. The summed E-state index contributed by atoms with van der Waals surface area (Å²) >= 11 is 2.93. The van der Waals surface area contributed by atoms with E-state index >= 15 is 0 Å². The lowest BCUT2D eigenvalue weighted by molar-refractivity contribution is 0.614. The van der Waals surface area contributed by atoms with Crippen molar-refractivity contribution in [1.82, 2.24) is 67.8 Å². The number of allylic oxidation sites excluding steroid dienone is 2. The second-order valence-electron chi connectivity index (χ2n) is 25.6. The Morgan fingerprint density at radius 1 is 0.436 bits per heavy atom. The summed E-state index contributed by atoms with van der Waals surface area (Å²) in [5.74, 6) is 6.87. The van der Waals surface area contributed by atoms with Crippen molar-refractivity contribution in [1.29, 1.82) is 0 Å². The summed E-state index contributed by atoms with van der Waals surface area (Å²) in [5.41, 5.74) is 9.61. The topological polar surface area (TPSA) is 166 Å². The lowest BCUT2D eigenvalue weighted by Crippen LogP contribution is -2.27. The molecule has 0 amide bonds. The number of thiazole rings is 1. The van der Waals surface area contributed by atoms with E-state index in [2.05, 4.69) is 215 Å². The van der Waals surface area contributed by atoms with Crippen LogP contribution in [0.4, 0.5) is 0 Å². The number of rotatable bonds is 0. The predicted molar refractivity (Wildman–Crippen MR) is 407 cm³/mol. The van der Waals surface area contributed by atoms with Crippen molar-refractivity contribution in [2.45, 2.75) is 145 Å². The SMILES string of the molecule is C1=CC2=NC=CCN2C=C1.CC(C)C.CC(C)C.CC(C)C.CC(C)C.CC(C)C.CC(C)C.CC(C)C.c1ccc2nccnc2c1.c1ccc2ncncc2c1.c1ccc2nsnc2c1.c1ccc2scnc2c1.c1ccn2cnnc2c1.c1ccn2ncnc2c1. The molecule has 14 rings (SSSR count). The Hall–Kier alpha value is -8.80. The zero-order valence-corrected chi connectivity index (χ0v) is 61.8. The fourth-order valence-electron chi connectivity index (χ4n) is 5.93. The average molecular weight is 1310 g/mol. The molecule has 0 aliphatic carbocycles. The van der Waals surface area contributed by atoms with Crippen molar-refractivity contribution in [3.05, 3.63) is 226 Å². The van der Waals surface area contributed by atoms with E-state index in [0.717, 1.165) is 104 Å². The molecule has 0 N–H and O–H groups in total. The van der Waals surface area contributed by atoms with E-state index < -0.39 is 0 Å². The first-order valence-electron chi connectivity index (χ1n) is 32.5. The number of pyridine rings is 2. The quantitative estimate of drug-likeness (QED) is 0.141. The molecule has 94 heavy (non-hydrogen) atoms. The molecule has 12 aromatic rings. The molecule has 4 aromatic carbocycles. The molecule has 2 aliphatic rings. The van der Waals surface area contributed by atoms with Gasteiger partial charge in [-0.2, -0.15) is 13.8 Å². The van der Waals surface area contributed by atoms with Gasteiger partial charge in [0.2, 0.25) is 0 Å². The number of benzene rings is 4. The molecule has 504 valence electrons. The number of aromatic nitrogens is 13. The Kier molecular flexibility index (Phi) is 45.7. The van der Waals surface area contributed by atoms with Gasteiger partial charge in [0.1, 0.15) is 35.9 Å². The molecule has 0 atom stereocenters. The maximum Gasteiger partial charge on any atom is 0.160 e. The van der Waals surface area contributed by atoms with Crippen LogP contribution in [0.3, 0.4) is 0 Å². The number of amidine groups is 1. The number of aliphatic imine (C=N–C) groups is 1. The number of para-hydroxylation sites is 4. The molecular weight excluding hydrogens is 1200 g/mol. The van der Waals surface area contributed by atoms with Crippen LogP contribution in [0.1, 0.15) is 145 Å². The second kappa shape index (κ2) is 51.7. The van der Waals surface area contributed by atoms with Crippen LogP contribution >= 0.6 is 23.1 Å². The summed E-state index contributed by atoms with van der Waals surface area (Å²) in [6, 6.07) is 43.2. The normalized spacial score (nSPS) is 10.9. The molecule has 0 unspecified atom stereocenters. The van der Waals surface area contributed by atoms with Gasteiger partial charge in [-0.15, -0.1) is 21.5 Å². The van der Waals surface area contributed by atoms with Crippen LogP contribution < -0.4 is 0 Å². The van der Waals surface area contributed by atoms with Gasteiger partial charge in [0.25, 0.3) is 0 Å². The van der Waals surface area contributed by atoms with Crippen molar-refractivity contribution in [3.8, 4) is 0 Å². The molecule has 0 spiro atoms. The van der Waals surface area contributed by atoms with Crippen LogP contribution in [0.25, 0.3) is 54.5 Å². The Morgan fingerprint density at radius 2 is 0.915 bits per heavy atom. The summed E-state index contributed by atoms with van der Waals surface area (Å²) in [4.78, 5) is 30.6. The molecule has 15 nitrogen and oxygen atoms in total. The van der Waals surface area contributed by atoms with Gasteiger partial charge in [0, 0.05) is 55.3 Å². The second-order valence-corrected chi connectivity index (χ2v) is 27.0. The molecule has 0 bridgehead atoms. The van der Waals surface area contributed by atoms with Gasteiger partial charge in [-0.1, -0.05) is 218 Å². The van der Waals surface area contributed by atoms with Crippen LogP contribution in [0.2, 0.25) is 0 Å². The van der Waals surface area contributed by atoms with E-state index in [1.165, 1.54) is 22.8 Å². The number of fused-ring (bicyclic) bond motifs is 7. The molecular formula is C77H109N15S2. The molecule has 0 saturated carbocycles. The number of hydrogen-bond donors (Lipinski definition) is 0. The van der Waals surface area contributed by atoms with Crippen LogP contribution in [0.15, 0.2) is 231 Å². The zero-order valence-electron chi connectivity index (χ0n) is 60.1. The zero-order chi connectivity index (χ0) is 69.9. The van der Waals surface area contributed by atoms with Crippen molar-refractivity contribution in [3.63, 3.8) is 0 Å². The van der Waals surface area contributed by atoms with E-state index in [1.807, 2.05) is 193 Å². The fourth-order valence-corrected chi connectivity index (χ4v) is 7.13. The van der Waals surface area contributed by atoms with Crippen molar-refractivity contribution in [2.75, 3.05) is 6.54 Å². The Balaban J connectivity index is 0.000000515. The summed E-state index contributed by atoms with van der Waals surface area (Å²) in [6.07, 6.45) is 25.7.